The van der Waals surface area contributed by atoms with E-state index in [9.17, 15) is 4.79 Å². The molecule has 2 nitrogen and oxygen atoms in total. The molecule has 1 amide bonds. The molecular weight excluding hydrogens is 298 g/mol. The highest BCUT2D eigenvalue weighted by molar-refractivity contribution is 9.12. The van der Waals surface area contributed by atoms with Gasteiger partial charge in [-0.1, -0.05) is 44.0 Å². The lowest BCUT2D eigenvalue weighted by Crippen LogP contribution is -2.69. The monoisotopic (exact) mass is 305 g/mol. The van der Waals surface area contributed by atoms with Crippen molar-refractivity contribution in [2.24, 2.45) is 17.8 Å². The molecule has 0 bridgehead atoms. The molecule has 0 aromatic rings. The Morgan fingerprint density at radius 2 is 2.00 bits per heavy atom. The van der Waals surface area contributed by atoms with E-state index in [1.54, 1.807) is 0 Å². The van der Waals surface area contributed by atoms with Crippen molar-refractivity contribution < 1.29 is 4.79 Å². The average molecular weight is 307 g/mol. The van der Waals surface area contributed by atoms with Crippen LogP contribution in [0, 0.1) is 17.8 Å². The molecule has 4 heteroatoms. The molecule has 3 rings (SSSR count). The summed E-state index contributed by atoms with van der Waals surface area (Å²) in [4.78, 5) is 12.3. The van der Waals surface area contributed by atoms with E-state index in [0.717, 1.165) is 0 Å². The largest absolute Gasteiger partial charge is 0.349 e. The van der Waals surface area contributed by atoms with Crippen LogP contribution in [0.2, 0.25) is 0 Å². The van der Waals surface area contributed by atoms with Gasteiger partial charge in [0.05, 0.1) is 12.0 Å². The normalized spacial score (nSPS) is 56.9. The van der Waals surface area contributed by atoms with Gasteiger partial charge >= 0.3 is 0 Å². The quantitative estimate of drug-likeness (QED) is 0.410. The van der Waals surface area contributed by atoms with Crippen LogP contribution < -0.4 is 5.32 Å². The van der Waals surface area contributed by atoms with E-state index in [1.165, 1.54) is 0 Å². The average Bonchev–Trinajstić information content (AvgIpc) is 2.14. The van der Waals surface area contributed by atoms with Gasteiger partial charge in [0.15, 0.2) is 0 Å². The highest BCUT2D eigenvalue weighted by atomic mass is 79.9. The van der Waals surface area contributed by atoms with Crippen LogP contribution in [0.4, 0.5) is 0 Å². The first-order chi connectivity index (χ1) is 6.20. The molecule has 3 aliphatic rings. The Morgan fingerprint density at radius 3 is 2.69 bits per heavy atom. The fourth-order valence-electron chi connectivity index (χ4n) is 2.62. The lowest BCUT2D eigenvalue weighted by Gasteiger charge is -2.56. The molecular formula is C9H9Br2NO. The lowest BCUT2D eigenvalue weighted by molar-refractivity contribution is -0.139. The van der Waals surface area contributed by atoms with Gasteiger partial charge in [-0.15, -0.1) is 0 Å². The first-order valence-corrected chi connectivity index (χ1v) is 6.30. The van der Waals surface area contributed by atoms with E-state index in [0.29, 0.717) is 27.5 Å². The minimum atomic E-state index is 0.230. The van der Waals surface area contributed by atoms with Gasteiger partial charge in [0, 0.05) is 9.65 Å². The Labute approximate surface area is 93.4 Å². The predicted octanol–water partition coefficient (Wildman–Crippen LogP) is 1.44. The van der Waals surface area contributed by atoms with E-state index in [-0.39, 0.29) is 11.8 Å². The van der Waals surface area contributed by atoms with E-state index < -0.39 is 0 Å². The maximum Gasteiger partial charge on any atom is 0.226 e. The van der Waals surface area contributed by atoms with Crippen LogP contribution in [0.25, 0.3) is 0 Å². The SMILES string of the molecule is O=C1N[C@@H]2C=C[C@H]3[C@H](Br)[C@H](Br)[C@H]3[C@H]12. The molecule has 1 N–H and O–H groups in total. The van der Waals surface area contributed by atoms with Crippen LogP contribution in [0.3, 0.4) is 0 Å². The summed E-state index contributed by atoms with van der Waals surface area (Å²) in [7, 11) is 0. The van der Waals surface area contributed by atoms with E-state index in [2.05, 4.69) is 49.3 Å². The minimum Gasteiger partial charge on any atom is -0.349 e. The van der Waals surface area contributed by atoms with Crippen LogP contribution in [0.5, 0.6) is 0 Å². The third-order valence-electron chi connectivity index (χ3n) is 3.44. The summed E-state index contributed by atoms with van der Waals surface area (Å²) in [5.41, 5.74) is 0. The number of carbonyl (C=O) groups is 1. The Kier molecular flexibility index (Phi) is 1.69. The molecule has 1 saturated carbocycles. The zero-order chi connectivity index (χ0) is 9.16. The molecule has 0 aromatic heterocycles. The standard InChI is InChI=1S/C9H9Br2NO/c10-7-3-1-2-4-6(9(13)12-4)5(3)8(7)11/h1-8H,(H,12,13)/t3-,4-,5-,6-,7+,8-/m1/s1. The molecule has 13 heavy (non-hydrogen) atoms. The molecule has 1 heterocycles. The summed E-state index contributed by atoms with van der Waals surface area (Å²) in [6.45, 7) is 0. The number of allylic oxidation sites excluding steroid dienone is 1. The third kappa shape index (κ3) is 0.911. The number of halogens is 2. The van der Waals surface area contributed by atoms with Gasteiger partial charge < -0.3 is 5.32 Å². The number of β-lactam (4-membered cyclic amide) rings is 1. The summed E-state index contributed by atoms with van der Waals surface area (Å²) in [5.74, 6) is 1.52. The lowest BCUT2D eigenvalue weighted by atomic mass is 9.59. The molecule has 6 atom stereocenters. The van der Waals surface area contributed by atoms with Crippen molar-refractivity contribution in [3.63, 3.8) is 0 Å². The van der Waals surface area contributed by atoms with Crippen molar-refractivity contribution in [1.82, 2.24) is 5.32 Å². The number of alkyl halides is 2. The number of nitrogens with one attached hydrogen (secondary N) is 1. The van der Waals surface area contributed by atoms with Gasteiger partial charge in [-0.25, -0.2) is 0 Å². The summed E-state index contributed by atoms with van der Waals surface area (Å²) in [5, 5.41) is 2.90. The summed E-state index contributed by atoms with van der Waals surface area (Å²) >= 11 is 7.26. The maximum absolute atomic E-state index is 11.3. The van der Waals surface area contributed by atoms with Crippen molar-refractivity contribution in [1.29, 1.82) is 0 Å². The summed E-state index contributed by atoms with van der Waals surface area (Å²) in [6, 6.07) is 0.314. The molecule has 0 aromatic carbocycles. The molecule has 70 valence electrons. The van der Waals surface area contributed by atoms with Crippen molar-refractivity contribution in [2.75, 3.05) is 0 Å². The molecule has 2 aliphatic carbocycles. The Balaban J connectivity index is 1.92. The second kappa shape index (κ2) is 2.60. The molecule has 0 unspecified atom stereocenters. The molecule has 1 aliphatic heterocycles. The maximum atomic E-state index is 11.3. The van der Waals surface area contributed by atoms with Gasteiger partial charge in [-0.05, 0) is 11.8 Å². The summed E-state index contributed by atoms with van der Waals surface area (Å²) in [6.07, 6.45) is 4.38. The highest BCUT2D eigenvalue weighted by Crippen LogP contribution is 2.54. The van der Waals surface area contributed by atoms with E-state index in [1.807, 2.05) is 0 Å². The Bertz CT molecular complexity index is 304. The van der Waals surface area contributed by atoms with Crippen LogP contribution in [0.1, 0.15) is 0 Å². The fraction of sp³-hybridized carbons (Fsp3) is 0.667. The zero-order valence-corrected chi connectivity index (χ0v) is 9.95. The molecule has 1 saturated heterocycles. The van der Waals surface area contributed by atoms with Gasteiger partial charge in [-0.3, -0.25) is 4.79 Å². The van der Waals surface area contributed by atoms with Crippen LogP contribution in [-0.4, -0.2) is 21.6 Å². The second-order valence-corrected chi connectivity index (χ2v) is 6.10. The van der Waals surface area contributed by atoms with Crippen LogP contribution in [-0.2, 0) is 4.79 Å². The summed E-state index contributed by atoms with van der Waals surface area (Å²) < 4.78 is 0. The van der Waals surface area contributed by atoms with Crippen molar-refractivity contribution in [2.45, 2.75) is 15.7 Å². The Morgan fingerprint density at radius 1 is 1.23 bits per heavy atom. The van der Waals surface area contributed by atoms with Gasteiger partial charge in [0.25, 0.3) is 0 Å². The first kappa shape index (κ1) is 8.48. The van der Waals surface area contributed by atoms with E-state index in [4.69, 9.17) is 0 Å². The first-order valence-electron chi connectivity index (χ1n) is 4.47. The number of carbonyl (C=O) groups excluding carboxylic acids is 1. The fourth-order valence-corrected chi connectivity index (χ4v) is 4.54. The Hall–Kier alpha value is 0.170. The predicted molar refractivity (Wildman–Crippen MR) is 57.0 cm³/mol. The minimum absolute atomic E-state index is 0.230. The number of fused-ring (bicyclic) bond motifs is 3. The zero-order valence-electron chi connectivity index (χ0n) is 6.78. The van der Waals surface area contributed by atoms with Crippen molar-refractivity contribution in [3.05, 3.63) is 12.2 Å². The van der Waals surface area contributed by atoms with Gasteiger partial charge in [-0.2, -0.15) is 0 Å². The molecule has 0 spiro atoms. The van der Waals surface area contributed by atoms with Crippen LogP contribution in [0.15, 0.2) is 12.2 Å². The number of hydrogen-bond acceptors (Lipinski definition) is 1. The number of rotatable bonds is 0. The number of hydrogen-bond donors (Lipinski definition) is 1. The van der Waals surface area contributed by atoms with Crippen molar-refractivity contribution in [3.8, 4) is 0 Å². The molecule has 2 fully saturated rings. The van der Waals surface area contributed by atoms with E-state index >= 15 is 0 Å². The second-order valence-electron chi connectivity index (χ2n) is 3.99. The smallest absolute Gasteiger partial charge is 0.226 e. The number of amides is 1. The highest BCUT2D eigenvalue weighted by Gasteiger charge is 2.59. The topological polar surface area (TPSA) is 29.1 Å². The van der Waals surface area contributed by atoms with Gasteiger partial charge in [0.1, 0.15) is 0 Å². The van der Waals surface area contributed by atoms with Gasteiger partial charge in [0.2, 0.25) is 5.91 Å². The van der Waals surface area contributed by atoms with Crippen molar-refractivity contribution >= 4 is 37.8 Å². The third-order valence-corrected chi connectivity index (χ3v) is 6.51. The molecule has 0 radical (unpaired) electrons. The van der Waals surface area contributed by atoms with Crippen LogP contribution >= 0.6 is 31.9 Å².